The van der Waals surface area contributed by atoms with E-state index in [9.17, 15) is 4.79 Å². The van der Waals surface area contributed by atoms with E-state index in [2.05, 4.69) is 0 Å². The highest BCUT2D eigenvalue weighted by atomic mass is 16.5. The first kappa shape index (κ1) is 16.7. The second-order valence-corrected chi connectivity index (χ2v) is 4.91. The second-order valence-electron chi connectivity index (χ2n) is 4.91. The molecule has 0 fully saturated rings. The summed E-state index contributed by atoms with van der Waals surface area (Å²) in [6.07, 6.45) is 3.11. The Balaban J connectivity index is 2.94. The van der Waals surface area contributed by atoms with Crippen molar-refractivity contribution in [2.24, 2.45) is 5.73 Å². The van der Waals surface area contributed by atoms with Gasteiger partial charge in [0, 0.05) is 13.2 Å². The summed E-state index contributed by atoms with van der Waals surface area (Å²) in [4.78, 5) is 12.4. The van der Waals surface area contributed by atoms with E-state index in [-0.39, 0.29) is 19.1 Å². The summed E-state index contributed by atoms with van der Waals surface area (Å²) in [5.74, 6) is -0.252. The van der Waals surface area contributed by atoms with Gasteiger partial charge < -0.3 is 15.6 Å². The maximum Gasteiger partial charge on any atom is 0.317 e. The SMILES string of the molecule is CCOC(=O)C(CN)(CCCCCO)c1ccccc1. The molecule has 20 heavy (non-hydrogen) atoms. The van der Waals surface area contributed by atoms with E-state index in [1.807, 2.05) is 30.3 Å². The van der Waals surface area contributed by atoms with Gasteiger partial charge in [0.05, 0.1) is 6.61 Å². The largest absolute Gasteiger partial charge is 0.465 e. The third-order valence-electron chi connectivity index (χ3n) is 3.60. The van der Waals surface area contributed by atoms with Gasteiger partial charge in [-0.15, -0.1) is 0 Å². The van der Waals surface area contributed by atoms with E-state index in [0.29, 0.717) is 13.0 Å². The predicted octanol–water partition coefficient (Wildman–Crippen LogP) is 2.00. The molecule has 0 bridgehead atoms. The predicted molar refractivity (Wildman–Crippen MR) is 79.4 cm³/mol. The Morgan fingerprint density at radius 2 is 1.95 bits per heavy atom. The molecule has 0 aliphatic rings. The normalized spacial score (nSPS) is 13.8. The van der Waals surface area contributed by atoms with Crippen molar-refractivity contribution in [1.29, 1.82) is 0 Å². The van der Waals surface area contributed by atoms with Crippen LogP contribution in [0.3, 0.4) is 0 Å². The van der Waals surface area contributed by atoms with Crippen LogP contribution in [0.5, 0.6) is 0 Å². The Hall–Kier alpha value is -1.39. The molecule has 0 saturated carbocycles. The first-order valence-electron chi connectivity index (χ1n) is 7.25. The number of hydrogen-bond donors (Lipinski definition) is 2. The van der Waals surface area contributed by atoms with Crippen molar-refractivity contribution in [3.8, 4) is 0 Å². The van der Waals surface area contributed by atoms with E-state index in [0.717, 1.165) is 24.8 Å². The average Bonchev–Trinajstić information content (AvgIpc) is 2.49. The molecule has 0 heterocycles. The number of benzene rings is 1. The van der Waals surface area contributed by atoms with Crippen molar-refractivity contribution in [2.75, 3.05) is 19.8 Å². The Kier molecular flexibility index (Phi) is 7.26. The maximum atomic E-state index is 12.4. The minimum absolute atomic E-state index is 0.181. The van der Waals surface area contributed by atoms with Gasteiger partial charge in [-0.25, -0.2) is 0 Å². The van der Waals surface area contributed by atoms with Crippen LogP contribution in [0.4, 0.5) is 0 Å². The number of carbonyl (C=O) groups is 1. The summed E-state index contributed by atoms with van der Waals surface area (Å²) in [7, 11) is 0. The quantitative estimate of drug-likeness (QED) is 0.535. The number of hydrogen-bond acceptors (Lipinski definition) is 4. The molecule has 4 nitrogen and oxygen atoms in total. The fourth-order valence-corrected chi connectivity index (χ4v) is 2.41. The van der Waals surface area contributed by atoms with Gasteiger partial charge in [-0.3, -0.25) is 4.79 Å². The first-order valence-corrected chi connectivity index (χ1v) is 7.25. The molecule has 0 spiro atoms. The number of aliphatic hydroxyl groups excluding tert-OH is 1. The molecule has 0 amide bonds. The Labute approximate surface area is 120 Å². The van der Waals surface area contributed by atoms with E-state index in [1.54, 1.807) is 6.92 Å². The summed E-state index contributed by atoms with van der Waals surface area (Å²) in [6.45, 7) is 2.56. The molecular weight excluding hydrogens is 254 g/mol. The number of rotatable bonds is 9. The molecule has 0 aromatic heterocycles. The van der Waals surface area contributed by atoms with E-state index < -0.39 is 5.41 Å². The van der Waals surface area contributed by atoms with Crippen LogP contribution in [0.15, 0.2) is 30.3 Å². The summed E-state index contributed by atoms with van der Waals surface area (Å²) < 4.78 is 5.24. The number of nitrogens with two attached hydrogens (primary N) is 1. The summed E-state index contributed by atoms with van der Waals surface area (Å²) in [5, 5.41) is 8.85. The molecule has 1 atom stereocenters. The molecule has 0 saturated heterocycles. The Bertz CT molecular complexity index is 394. The van der Waals surface area contributed by atoms with Crippen molar-refractivity contribution in [2.45, 2.75) is 38.0 Å². The molecule has 1 aromatic carbocycles. The zero-order valence-corrected chi connectivity index (χ0v) is 12.2. The Morgan fingerprint density at radius 3 is 2.50 bits per heavy atom. The number of ether oxygens (including phenoxy) is 1. The van der Waals surface area contributed by atoms with Crippen molar-refractivity contribution in [3.05, 3.63) is 35.9 Å². The molecule has 112 valence electrons. The third-order valence-corrected chi connectivity index (χ3v) is 3.60. The molecule has 1 unspecified atom stereocenters. The van der Waals surface area contributed by atoms with Crippen LogP contribution in [-0.2, 0) is 14.9 Å². The zero-order valence-electron chi connectivity index (χ0n) is 12.2. The first-order chi connectivity index (χ1) is 9.71. The molecule has 3 N–H and O–H groups in total. The lowest BCUT2D eigenvalue weighted by molar-refractivity contribution is -0.150. The smallest absolute Gasteiger partial charge is 0.317 e. The lowest BCUT2D eigenvalue weighted by atomic mass is 9.76. The fourth-order valence-electron chi connectivity index (χ4n) is 2.41. The molecule has 4 heteroatoms. The molecule has 0 radical (unpaired) electrons. The van der Waals surface area contributed by atoms with Gasteiger partial charge in [-0.05, 0) is 25.3 Å². The van der Waals surface area contributed by atoms with E-state index >= 15 is 0 Å². The minimum Gasteiger partial charge on any atom is -0.465 e. The van der Waals surface area contributed by atoms with Gasteiger partial charge in [0.15, 0.2) is 0 Å². The van der Waals surface area contributed by atoms with Gasteiger partial charge >= 0.3 is 5.97 Å². The lowest BCUT2D eigenvalue weighted by Gasteiger charge is -2.30. The fraction of sp³-hybridized carbons (Fsp3) is 0.562. The van der Waals surface area contributed by atoms with Crippen LogP contribution in [0, 0.1) is 0 Å². The highest BCUT2D eigenvalue weighted by Crippen LogP contribution is 2.31. The monoisotopic (exact) mass is 279 g/mol. The number of carbonyl (C=O) groups excluding carboxylic acids is 1. The van der Waals surface area contributed by atoms with Crippen LogP contribution in [0.25, 0.3) is 0 Å². The molecule has 1 rings (SSSR count). The standard InChI is InChI=1S/C16H25NO3/c1-2-20-15(19)16(13-17,11-7-4-8-12-18)14-9-5-3-6-10-14/h3,5-6,9-10,18H,2,4,7-8,11-13,17H2,1H3. The van der Waals surface area contributed by atoms with Crippen molar-refractivity contribution in [1.82, 2.24) is 0 Å². The minimum atomic E-state index is -0.771. The van der Waals surface area contributed by atoms with Gasteiger partial charge in [0.2, 0.25) is 0 Å². The van der Waals surface area contributed by atoms with Crippen molar-refractivity contribution in [3.63, 3.8) is 0 Å². The maximum absolute atomic E-state index is 12.4. The van der Waals surface area contributed by atoms with Gasteiger partial charge in [0.1, 0.15) is 5.41 Å². The molecular formula is C16H25NO3. The highest BCUT2D eigenvalue weighted by Gasteiger charge is 2.39. The molecule has 1 aromatic rings. The topological polar surface area (TPSA) is 72.5 Å². The summed E-state index contributed by atoms with van der Waals surface area (Å²) >= 11 is 0. The zero-order chi connectivity index (χ0) is 14.8. The van der Waals surface area contributed by atoms with Crippen LogP contribution >= 0.6 is 0 Å². The number of aliphatic hydroxyl groups is 1. The van der Waals surface area contributed by atoms with Crippen molar-refractivity contribution < 1.29 is 14.6 Å². The average molecular weight is 279 g/mol. The Morgan fingerprint density at radius 1 is 1.25 bits per heavy atom. The van der Waals surface area contributed by atoms with Crippen LogP contribution in [-0.4, -0.2) is 30.8 Å². The van der Waals surface area contributed by atoms with E-state index in [1.165, 1.54) is 0 Å². The van der Waals surface area contributed by atoms with Crippen LogP contribution in [0.2, 0.25) is 0 Å². The van der Waals surface area contributed by atoms with Gasteiger partial charge in [0.25, 0.3) is 0 Å². The second kappa shape index (κ2) is 8.72. The van der Waals surface area contributed by atoms with Gasteiger partial charge in [-0.2, -0.15) is 0 Å². The van der Waals surface area contributed by atoms with Crippen LogP contribution in [0.1, 0.15) is 38.2 Å². The highest BCUT2D eigenvalue weighted by molar-refractivity contribution is 5.83. The molecule has 0 aliphatic carbocycles. The summed E-state index contributed by atoms with van der Waals surface area (Å²) in [6, 6.07) is 9.59. The lowest BCUT2D eigenvalue weighted by Crippen LogP contribution is -2.44. The van der Waals surface area contributed by atoms with Gasteiger partial charge in [-0.1, -0.05) is 43.2 Å². The summed E-state index contributed by atoms with van der Waals surface area (Å²) in [5.41, 5.74) is 6.07. The number of esters is 1. The van der Waals surface area contributed by atoms with Crippen LogP contribution < -0.4 is 5.73 Å². The van der Waals surface area contributed by atoms with E-state index in [4.69, 9.17) is 15.6 Å². The third kappa shape index (κ3) is 4.05. The van der Waals surface area contributed by atoms with Crippen molar-refractivity contribution >= 4 is 5.97 Å². The number of unbranched alkanes of at least 4 members (excludes halogenated alkanes) is 2. The molecule has 0 aliphatic heterocycles.